The number of hydrogen-bond donors (Lipinski definition) is 2. The fourth-order valence-electron chi connectivity index (χ4n) is 6.20. The van der Waals surface area contributed by atoms with E-state index in [4.69, 9.17) is 18.9 Å². The second kappa shape index (κ2) is 17.1. The Morgan fingerprint density at radius 1 is 0.891 bits per heavy atom. The SMILES string of the molecule is CCOC(CCCNC(=O)c1ccc(COc2cccc(C(NC(=O)O[C@H]3CN4CCC3CC4)c3ccccc3)c2)cc1)OCC. The number of fused-ring (bicyclic) bond motifs is 3. The number of benzene rings is 3. The van der Waals surface area contributed by atoms with Crippen molar-refractivity contribution in [1.82, 2.24) is 15.5 Å². The summed E-state index contributed by atoms with van der Waals surface area (Å²) in [5.41, 5.74) is 3.40. The lowest BCUT2D eigenvalue weighted by atomic mass is 9.86. The molecule has 3 aromatic rings. The van der Waals surface area contributed by atoms with Crippen LogP contribution in [0.25, 0.3) is 0 Å². The zero-order valence-electron chi connectivity index (χ0n) is 27.0. The second-order valence-corrected chi connectivity index (χ2v) is 11.9. The monoisotopic (exact) mass is 629 g/mol. The average Bonchev–Trinajstić information content (AvgIpc) is 3.09. The molecule has 46 heavy (non-hydrogen) atoms. The van der Waals surface area contributed by atoms with Crippen molar-refractivity contribution in [3.05, 3.63) is 101 Å². The van der Waals surface area contributed by atoms with E-state index in [2.05, 4.69) is 15.5 Å². The van der Waals surface area contributed by atoms with Crippen molar-refractivity contribution in [1.29, 1.82) is 0 Å². The van der Waals surface area contributed by atoms with E-state index in [0.29, 0.717) is 43.6 Å². The van der Waals surface area contributed by atoms with Gasteiger partial charge in [0.2, 0.25) is 0 Å². The lowest BCUT2D eigenvalue weighted by molar-refractivity contribution is -0.139. The predicted molar refractivity (Wildman–Crippen MR) is 177 cm³/mol. The smallest absolute Gasteiger partial charge is 0.408 e. The number of rotatable bonds is 16. The van der Waals surface area contributed by atoms with Crippen LogP contribution in [0.5, 0.6) is 5.75 Å². The van der Waals surface area contributed by atoms with E-state index in [0.717, 1.165) is 62.0 Å². The molecule has 3 aliphatic rings. The van der Waals surface area contributed by atoms with Crippen LogP contribution in [0.2, 0.25) is 0 Å². The minimum absolute atomic E-state index is 0.0647. The molecule has 2 N–H and O–H groups in total. The predicted octanol–water partition coefficient (Wildman–Crippen LogP) is 6.08. The van der Waals surface area contributed by atoms with E-state index in [1.165, 1.54) is 0 Å². The van der Waals surface area contributed by atoms with Crippen LogP contribution in [0.3, 0.4) is 0 Å². The largest absolute Gasteiger partial charge is 0.489 e. The number of alkyl carbamates (subject to hydrolysis) is 1. The van der Waals surface area contributed by atoms with Crippen LogP contribution in [-0.2, 0) is 20.8 Å². The van der Waals surface area contributed by atoms with Crippen LogP contribution in [0.4, 0.5) is 4.79 Å². The van der Waals surface area contributed by atoms with Gasteiger partial charge in [-0.1, -0.05) is 54.6 Å². The number of nitrogens with zero attached hydrogens (tertiary/aromatic N) is 1. The summed E-state index contributed by atoms with van der Waals surface area (Å²) in [4.78, 5) is 28.1. The zero-order valence-corrected chi connectivity index (χ0v) is 27.0. The molecule has 6 rings (SSSR count). The molecular weight excluding hydrogens is 582 g/mol. The molecule has 2 atom stereocenters. The highest BCUT2D eigenvalue weighted by atomic mass is 16.7. The molecule has 1 unspecified atom stereocenters. The van der Waals surface area contributed by atoms with Gasteiger partial charge in [0.25, 0.3) is 5.91 Å². The van der Waals surface area contributed by atoms with Crippen molar-refractivity contribution in [2.75, 3.05) is 39.4 Å². The summed E-state index contributed by atoms with van der Waals surface area (Å²) in [5.74, 6) is 1.01. The third kappa shape index (κ3) is 9.55. The maximum Gasteiger partial charge on any atom is 0.408 e. The Morgan fingerprint density at radius 3 is 2.28 bits per heavy atom. The molecule has 3 fully saturated rings. The molecule has 2 bridgehead atoms. The van der Waals surface area contributed by atoms with Crippen molar-refractivity contribution < 1.29 is 28.5 Å². The summed E-state index contributed by atoms with van der Waals surface area (Å²) in [6.07, 6.45) is 2.96. The van der Waals surface area contributed by atoms with Gasteiger partial charge in [-0.05, 0) is 93.1 Å². The van der Waals surface area contributed by atoms with Gasteiger partial charge in [-0.2, -0.15) is 0 Å². The van der Waals surface area contributed by atoms with Gasteiger partial charge in [0, 0.05) is 38.3 Å². The van der Waals surface area contributed by atoms with E-state index < -0.39 is 6.09 Å². The lowest BCUT2D eigenvalue weighted by Crippen LogP contribution is -2.52. The van der Waals surface area contributed by atoms with Gasteiger partial charge in [0.1, 0.15) is 18.5 Å². The lowest BCUT2D eigenvalue weighted by Gasteiger charge is -2.43. The van der Waals surface area contributed by atoms with Crippen LogP contribution < -0.4 is 15.4 Å². The molecular formula is C37H47N3O6. The third-order valence-corrected chi connectivity index (χ3v) is 8.67. The Hall–Kier alpha value is -3.92. The van der Waals surface area contributed by atoms with E-state index in [9.17, 15) is 9.59 Å². The standard InChI is InChI=1S/C37H47N3O6/c1-3-43-34(44-4-2)14-9-21-38-36(41)30-17-15-27(16-18-30)26-45-32-13-8-12-31(24-32)35(29-10-6-5-7-11-29)39-37(42)46-33-25-40-22-19-28(33)20-23-40/h5-8,10-13,15-18,24,28,33-35H,3-4,9,14,19-23,25-26H2,1-2H3,(H,38,41)(H,39,42)/t33-,35?/m0/s1. The Bertz CT molecular complexity index is 1370. The first kappa shape index (κ1) is 33.4. The Morgan fingerprint density at radius 2 is 1.61 bits per heavy atom. The number of amides is 2. The number of piperidine rings is 3. The first-order valence-electron chi connectivity index (χ1n) is 16.6. The van der Waals surface area contributed by atoms with Crippen molar-refractivity contribution in [2.24, 2.45) is 5.92 Å². The zero-order chi connectivity index (χ0) is 32.1. The van der Waals surface area contributed by atoms with E-state index in [1.54, 1.807) is 0 Å². The maximum absolute atomic E-state index is 13.1. The first-order valence-corrected chi connectivity index (χ1v) is 16.6. The second-order valence-electron chi connectivity index (χ2n) is 11.9. The number of carbonyl (C=O) groups is 2. The molecule has 3 aliphatic heterocycles. The van der Waals surface area contributed by atoms with Crippen molar-refractivity contribution in [3.8, 4) is 5.75 Å². The van der Waals surface area contributed by atoms with Crippen LogP contribution in [0, 0.1) is 5.92 Å². The number of ether oxygens (including phenoxy) is 4. The van der Waals surface area contributed by atoms with Gasteiger partial charge in [0.15, 0.2) is 6.29 Å². The van der Waals surface area contributed by atoms with Crippen molar-refractivity contribution in [3.63, 3.8) is 0 Å². The Balaban J connectivity index is 1.14. The molecule has 246 valence electrons. The number of carbonyl (C=O) groups excluding carboxylic acids is 2. The molecule has 3 saturated heterocycles. The normalized spacial score (nSPS) is 19.4. The van der Waals surface area contributed by atoms with Crippen LogP contribution in [-0.4, -0.2) is 68.7 Å². The Labute approximate surface area is 272 Å². The van der Waals surface area contributed by atoms with Gasteiger partial charge < -0.3 is 29.6 Å². The van der Waals surface area contributed by atoms with E-state index in [-0.39, 0.29) is 24.3 Å². The molecule has 9 heteroatoms. The fourth-order valence-corrected chi connectivity index (χ4v) is 6.20. The third-order valence-electron chi connectivity index (χ3n) is 8.67. The quantitative estimate of drug-likeness (QED) is 0.146. The van der Waals surface area contributed by atoms with Gasteiger partial charge >= 0.3 is 6.09 Å². The highest BCUT2D eigenvalue weighted by molar-refractivity contribution is 5.94. The van der Waals surface area contributed by atoms with Crippen molar-refractivity contribution in [2.45, 2.75) is 64.6 Å². The molecule has 9 nitrogen and oxygen atoms in total. The number of hydrogen-bond acceptors (Lipinski definition) is 7. The summed E-state index contributed by atoms with van der Waals surface area (Å²) >= 11 is 0. The molecule has 0 saturated carbocycles. The molecule has 0 aliphatic carbocycles. The number of nitrogens with one attached hydrogen (secondary N) is 2. The van der Waals surface area contributed by atoms with Gasteiger partial charge in [-0.15, -0.1) is 0 Å². The summed E-state index contributed by atoms with van der Waals surface area (Å²) in [6, 6.07) is 24.7. The molecule has 3 heterocycles. The summed E-state index contributed by atoms with van der Waals surface area (Å²) in [7, 11) is 0. The van der Waals surface area contributed by atoms with Gasteiger partial charge in [-0.25, -0.2) is 4.79 Å². The maximum atomic E-state index is 13.1. The summed E-state index contributed by atoms with van der Waals surface area (Å²) < 4.78 is 23.2. The molecule has 3 aromatic carbocycles. The molecule has 0 radical (unpaired) electrons. The highest BCUT2D eigenvalue weighted by Gasteiger charge is 2.36. The summed E-state index contributed by atoms with van der Waals surface area (Å²) in [6.45, 7) is 8.97. The topological polar surface area (TPSA) is 98.4 Å². The minimum Gasteiger partial charge on any atom is -0.489 e. The Kier molecular flexibility index (Phi) is 12.4. The van der Waals surface area contributed by atoms with Gasteiger partial charge in [-0.3, -0.25) is 9.69 Å². The first-order chi connectivity index (χ1) is 22.5. The summed E-state index contributed by atoms with van der Waals surface area (Å²) in [5, 5.41) is 6.09. The fraction of sp³-hybridized carbons (Fsp3) is 0.459. The van der Waals surface area contributed by atoms with E-state index >= 15 is 0 Å². The van der Waals surface area contributed by atoms with Crippen LogP contribution in [0.15, 0.2) is 78.9 Å². The van der Waals surface area contributed by atoms with Crippen LogP contribution in [0.1, 0.15) is 72.6 Å². The molecule has 0 spiro atoms. The highest BCUT2D eigenvalue weighted by Crippen LogP contribution is 2.31. The molecule has 0 aromatic heterocycles. The van der Waals surface area contributed by atoms with Gasteiger partial charge in [0.05, 0.1) is 6.04 Å². The minimum atomic E-state index is -0.400. The van der Waals surface area contributed by atoms with Crippen LogP contribution >= 0.6 is 0 Å². The molecule has 2 amide bonds. The van der Waals surface area contributed by atoms with Crippen molar-refractivity contribution >= 4 is 12.0 Å². The average molecular weight is 630 g/mol. The van der Waals surface area contributed by atoms with E-state index in [1.807, 2.05) is 92.7 Å².